The third-order valence-electron chi connectivity index (χ3n) is 7.34. The number of aryl methyl sites for hydroxylation is 2. The maximum atomic E-state index is 12.0. The molecule has 0 radical (unpaired) electrons. The van der Waals surface area contributed by atoms with Crippen LogP contribution in [0.3, 0.4) is 0 Å². The van der Waals surface area contributed by atoms with Crippen molar-refractivity contribution in [1.82, 2.24) is 19.1 Å². The number of benzene rings is 1. The molecule has 7 nitrogen and oxygen atoms in total. The van der Waals surface area contributed by atoms with E-state index in [0.717, 1.165) is 54.4 Å². The van der Waals surface area contributed by atoms with Crippen LogP contribution in [-0.2, 0) is 0 Å². The third-order valence-corrected chi connectivity index (χ3v) is 7.34. The van der Waals surface area contributed by atoms with Crippen LogP contribution in [0.5, 0.6) is 0 Å². The van der Waals surface area contributed by atoms with Crippen LogP contribution < -0.4 is 0 Å². The first-order chi connectivity index (χ1) is 16.0. The Morgan fingerprint density at radius 3 is 1.88 bits per heavy atom. The summed E-state index contributed by atoms with van der Waals surface area (Å²) in [5.41, 5.74) is 3.52. The quantitative estimate of drug-likeness (QED) is 0.323. The van der Waals surface area contributed by atoms with Gasteiger partial charge in [-0.3, -0.25) is 14.7 Å². The van der Waals surface area contributed by atoms with Crippen molar-refractivity contribution in [3.05, 3.63) is 63.7 Å². The molecule has 2 aliphatic rings. The molecule has 0 amide bonds. The van der Waals surface area contributed by atoms with Gasteiger partial charge in [-0.15, -0.1) is 0 Å². The molecule has 7 heteroatoms. The maximum Gasteiger partial charge on any atom is 0.293 e. The van der Waals surface area contributed by atoms with E-state index in [1.165, 1.54) is 38.5 Å². The van der Waals surface area contributed by atoms with E-state index in [0.29, 0.717) is 17.5 Å². The first-order valence-corrected chi connectivity index (χ1v) is 12.4. The van der Waals surface area contributed by atoms with Gasteiger partial charge in [-0.2, -0.15) is 0 Å². The predicted octanol–water partition coefficient (Wildman–Crippen LogP) is 6.68. The number of nitrogens with zero attached hydrogens (tertiary/aromatic N) is 5. The predicted molar refractivity (Wildman–Crippen MR) is 128 cm³/mol. The highest BCUT2D eigenvalue weighted by molar-refractivity contribution is 5.59. The zero-order chi connectivity index (χ0) is 22.9. The van der Waals surface area contributed by atoms with Crippen molar-refractivity contribution in [1.29, 1.82) is 0 Å². The number of rotatable bonds is 5. The van der Waals surface area contributed by atoms with Crippen LogP contribution in [0.15, 0.2) is 30.6 Å². The molecule has 2 fully saturated rings. The molecule has 33 heavy (non-hydrogen) atoms. The number of hydrogen-bond donors (Lipinski definition) is 0. The van der Waals surface area contributed by atoms with E-state index in [1.54, 1.807) is 6.07 Å². The average molecular weight is 448 g/mol. The van der Waals surface area contributed by atoms with Crippen LogP contribution in [0, 0.1) is 24.0 Å². The van der Waals surface area contributed by atoms with E-state index in [9.17, 15) is 10.1 Å². The summed E-state index contributed by atoms with van der Waals surface area (Å²) in [5, 5.41) is 12.0. The van der Waals surface area contributed by atoms with Gasteiger partial charge in [-0.05, 0) is 51.7 Å². The number of nitro groups is 1. The van der Waals surface area contributed by atoms with Crippen molar-refractivity contribution in [2.45, 2.75) is 89.9 Å². The molecule has 0 atom stereocenters. The van der Waals surface area contributed by atoms with E-state index in [4.69, 9.17) is 9.97 Å². The topological polar surface area (TPSA) is 78.8 Å². The van der Waals surface area contributed by atoms with Crippen LogP contribution in [0.2, 0.25) is 0 Å². The van der Waals surface area contributed by atoms with Gasteiger partial charge in [0.25, 0.3) is 5.69 Å². The Morgan fingerprint density at radius 1 is 0.818 bits per heavy atom. The second kappa shape index (κ2) is 9.12. The normalized spacial score (nSPS) is 18.0. The van der Waals surface area contributed by atoms with Gasteiger partial charge in [0.1, 0.15) is 17.3 Å². The summed E-state index contributed by atoms with van der Waals surface area (Å²) < 4.78 is 4.14. The smallest absolute Gasteiger partial charge is 0.293 e. The van der Waals surface area contributed by atoms with Gasteiger partial charge < -0.3 is 4.57 Å². The number of nitro benzene ring substituents is 1. The van der Waals surface area contributed by atoms with Gasteiger partial charge in [-0.1, -0.05) is 38.5 Å². The monoisotopic (exact) mass is 447 g/mol. The van der Waals surface area contributed by atoms with Crippen molar-refractivity contribution in [3.63, 3.8) is 0 Å². The Balaban J connectivity index is 1.62. The minimum atomic E-state index is -0.277. The summed E-state index contributed by atoms with van der Waals surface area (Å²) in [6.45, 7) is 3.99. The highest BCUT2D eigenvalue weighted by Gasteiger charge is 2.27. The molecular weight excluding hydrogens is 414 g/mol. The van der Waals surface area contributed by atoms with Crippen LogP contribution in [0.25, 0.3) is 11.4 Å². The molecule has 0 bridgehead atoms. The summed E-state index contributed by atoms with van der Waals surface area (Å²) in [6.07, 6.45) is 15.9. The number of imidazole rings is 2. The Hall–Kier alpha value is -2.96. The highest BCUT2D eigenvalue weighted by Crippen LogP contribution is 2.37. The van der Waals surface area contributed by atoms with E-state index in [2.05, 4.69) is 10.8 Å². The van der Waals surface area contributed by atoms with Gasteiger partial charge in [0.2, 0.25) is 0 Å². The zero-order valence-corrected chi connectivity index (χ0v) is 19.7. The molecule has 3 aromatic rings. The molecule has 0 N–H and O–H groups in total. The van der Waals surface area contributed by atoms with E-state index in [-0.39, 0.29) is 10.6 Å². The van der Waals surface area contributed by atoms with Gasteiger partial charge >= 0.3 is 0 Å². The standard InChI is InChI=1S/C26H33N5O2/c1-18-16-29(25(27-18)20-9-5-3-6-10-20)22-13-14-23(31(32)33)24(15-22)30-17-19(2)28-26(30)21-11-7-4-8-12-21/h13-17,20-21H,3-12H2,1-2H3. The largest absolute Gasteiger partial charge is 0.303 e. The summed E-state index contributed by atoms with van der Waals surface area (Å²) in [5.74, 6) is 2.84. The fourth-order valence-electron chi connectivity index (χ4n) is 5.74. The fraction of sp³-hybridized carbons (Fsp3) is 0.538. The zero-order valence-electron chi connectivity index (χ0n) is 19.7. The molecule has 2 heterocycles. The van der Waals surface area contributed by atoms with Gasteiger partial charge in [0, 0.05) is 36.0 Å². The lowest BCUT2D eigenvalue weighted by Crippen LogP contribution is -2.13. The molecule has 0 aliphatic heterocycles. The van der Waals surface area contributed by atoms with E-state index in [1.807, 2.05) is 36.7 Å². The molecule has 174 valence electrons. The van der Waals surface area contributed by atoms with Crippen molar-refractivity contribution in [2.24, 2.45) is 0 Å². The SMILES string of the molecule is Cc1cn(-c2ccc([N+](=O)[O-])c(-n3cc(C)nc3C3CCCCC3)c2)c(C2CCCCC2)n1. The minimum Gasteiger partial charge on any atom is -0.303 e. The van der Waals surface area contributed by atoms with Crippen LogP contribution in [0.1, 0.15) is 99.1 Å². The first kappa shape index (κ1) is 21.9. The molecule has 2 saturated carbocycles. The molecule has 1 aromatic carbocycles. The van der Waals surface area contributed by atoms with Crippen LogP contribution in [-0.4, -0.2) is 24.0 Å². The van der Waals surface area contributed by atoms with E-state index >= 15 is 0 Å². The fourth-order valence-corrected chi connectivity index (χ4v) is 5.74. The summed E-state index contributed by atoms with van der Waals surface area (Å²) >= 11 is 0. The third kappa shape index (κ3) is 4.33. The maximum absolute atomic E-state index is 12.0. The first-order valence-electron chi connectivity index (χ1n) is 12.4. The summed E-state index contributed by atoms with van der Waals surface area (Å²) in [6, 6.07) is 5.46. The van der Waals surface area contributed by atoms with E-state index < -0.39 is 0 Å². The second-order valence-corrected chi connectivity index (χ2v) is 9.82. The lowest BCUT2D eigenvalue weighted by molar-refractivity contribution is -0.384. The Labute approximate surface area is 195 Å². The lowest BCUT2D eigenvalue weighted by atomic mass is 9.88. The molecule has 0 unspecified atom stereocenters. The Bertz CT molecular complexity index is 1150. The van der Waals surface area contributed by atoms with Crippen molar-refractivity contribution >= 4 is 5.69 Å². The van der Waals surface area contributed by atoms with Gasteiger partial charge in [0.15, 0.2) is 0 Å². The number of hydrogen-bond acceptors (Lipinski definition) is 4. The average Bonchev–Trinajstić information content (AvgIpc) is 3.42. The lowest BCUT2D eigenvalue weighted by Gasteiger charge is -2.23. The van der Waals surface area contributed by atoms with Crippen molar-refractivity contribution in [2.75, 3.05) is 0 Å². The summed E-state index contributed by atoms with van der Waals surface area (Å²) in [4.78, 5) is 21.4. The van der Waals surface area contributed by atoms with Crippen molar-refractivity contribution < 1.29 is 4.92 Å². The second-order valence-electron chi connectivity index (χ2n) is 9.82. The minimum absolute atomic E-state index is 0.115. The Kier molecular flexibility index (Phi) is 6.04. The molecule has 0 spiro atoms. The molecule has 5 rings (SSSR count). The van der Waals surface area contributed by atoms with Crippen molar-refractivity contribution in [3.8, 4) is 11.4 Å². The summed E-state index contributed by atoms with van der Waals surface area (Å²) in [7, 11) is 0. The molecular formula is C26H33N5O2. The highest BCUT2D eigenvalue weighted by atomic mass is 16.6. The van der Waals surface area contributed by atoms with Gasteiger partial charge in [0.05, 0.1) is 16.3 Å². The van der Waals surface area contributed by atoms with Gasteiger partial charge in [-0.25, -0.2) is 9.97 Å². The molecule has 0 saturated heterocycles. The van der Waals surface area contributed by atoms with Crippen LogP contribution >= 0.6 is 0 Å². The molecule has 2 aliphatic carbocycles. The Morgan fingerprint density at radius 2 is 1.33 bits per heavy atom. The van der Waals surface area contributed by atoms with Crippen LogP contribution in [0.4, 0.5) is 5.69 Å². The molecule has 2 aromatic heterocycles. The number of aromatic nitrogens is 4.